The molecule has 0 radical (unpaired) electrons. The van der Waals surface area contributed by atoms with E-state index < -0.39 is 0 Å². The molecule has 19 heavy (non-hydrogen) atoms. The van der Waals surface area contributed by atoms with Crippen LogP contribution in [0.2, 0.25) is 5.02 Å². The lowest BCUT2D eigenvalue weighted by molar-refractivity contribution is 0.0301. The van der Waals surface area contributed by atoms with E-state index in [9.17, 15) is 4.79 Å². The summed E-state index contributed by atoms with van der Waals surface area (Å²) in [6.45, 7) is 0.424. The van der Waals surface area contributed by atoms with E-state index in [2.05, 4.69) is 5.48 Å². The fourth-order valence-corrected chi connectivity index (χ4v) is 1.77. The summed E-state index contributed by atoms with van der Waals surface area (Å²) in [6, 6.07) is 10.4. The van der Waals surface area contributed by atoms with Crippen LogP contribution in [-0.4, -0.2) is 12.5 Å². The second-order valence-corrected chi connectivity index (χ2v) is 4.41. The van der Waals surface area contributed by atoms with E-state index in [1.807, 2.05) is 12.1 Å². The van der Waals surface area contributed by atoms with Gasteiger partial charge in [0, 0.05) is 17.0 Å². The average molecular weight is 280 g/mol. The maximum absolute atomic E-state index is 11.7. The van der Waals surface area contributed by atoms with E-state index >= 15 is 0 Å². The normalized spacial score (nSPS) is 10.4. The van der Waals surface area contributed by atoms with Crippen LogP contribution in [0.25, 0.3) is 0 Å². The highest BCUT2D eigenvalue weighted by atomic mass is 35.5. The van der Waals surface area contributed by atoms with E-state index in [0.717, 1.165) is 18.6 Å². The van der Waals surface area contributed by atoms with Gasteiger partial charge in [-0.1, -0.05) is 17.7 Å². The van der Waals surface area contributed by atoms with Gasteiger partial charge in [-0.05, 0) is 36.8 Å². The number of halogens is 1. The molecule has 5 heteroatoms. The molecule has 2 aromatic rings. The highest BCUT2D eigenvalue weighted by molar-refractivity contribution is 6.30. The number of aryl methyl sites for hydroxylation is 1. The third-order valence-electron chi connectivity index (χ3n) is 2.50. The molecule has 1 heterocycles. The van der Waals surface area contributed by atoms with Crippen LogP contribution in [0.3, 0.4) is 0 Å². The smallest absolute Gasteiger partial charge is 0.274 e. The predicted molar refractivity (Wildman–Crippen MR) is 71.9 cm³/mol. The second-order valence-electron chi connectivity index (χ2n) is 3.97. The highest BCUT2D eigenvalue weighted by Crippen LogP contribution is 2.10. The van der Waals surface area contributed by atoms with E-state index in [0.29, 0.717) is 17.2 Å². The van der Waals surface area contributed by atoms with E-state index in [1.54, 1.807) is 30.5 Å². The molecule has 100 valence electrons. The zero-order valence-electron chi connectivity index (χ0n) is 10.3. The van der Waals surface area contributed by atoms with E-state index in [4.69, 9.17) is 20.9 Å². The fourth-order valence-electron chi connectivity index (χ4n) is 1.58. The number of amides is 1. The molecule has 4 nitrogen and oxygen atoms in total. The SMILES string of the molecule is O=C(NOCCCc1ccco1)c1cccc(Cl)c1. The number of hydroxylamine groups is 1. The summed E-state index contributed by atoms with van der Waals surface area (Å²) >= 11 is 5.80. The van der Waals surface area contributed by atoms with Crippen LogP contribution in [0.1, 0.15) is 22.5 Å². The summed E-state index contributed by atoms with van der Waals surface area (Å²) < 4.78 is 5.19. The van der Waals surface area contributed by atoms with Crippen molar-refractivity contribution >= 4 is 17.5 Å². The zero-order valence-corrected chi connectivity index (χ0v) is 11.0. The Morgan fingerprint density at radius 2 is 2.21 bits per heavy atom. The third-order valence-corrected chi connectivity index (χ3v) is 2.74. The molecule has 0 aliphatic carbocycles. The van der Waals surface area contributed by atoms with Gasteiger partial charge in [-0.25, -0.2) is 5.48 Å². The number of hydrogen-bond acceptors (Lipinski definition) is 3. The number of carbonyl (C=O) groups is 1. The van der Waals surface area contributed by atoms with Crippen molar-refractivity contribution < 1.29 is 14.0 Å². The largest absolute Gasteiger partial charge is 0.469 e. The Kier molecular flexibility index (Phi) is 5.01. The molecule has 0 bridgehead atoms. The second kappa shape index (κ2) is 6.97. The molecular weight excluding hydrogens is 266 g/mol. The van der Waals surface area contributed by atoms with Gasteiger partial charge in [0.15, 0.2) is 0 Å². The van der Waals surface area contributed by atoms with Crippen LogP contribution in [0.5, 0.6) is 0 Å². The number of benzene rings is 1. The van der Waals surface area contributed by atoms with Crippen LogP contribution < -0.4 is 5.48 Å². The van der Waals surface area contributed by atoms with Crippen molar-refractivity contribution in [3.05, 3.63) is 59.0 Å². The Morgan fingerprint density at radius 1 is 1.32 bits per heavy atom. The van der Waals surface area contributed by atoms with Crippen molar-refractivity contribution in [2.75, 3.05) is 6.61 Å². The first kappa shape index (κ1) is 13.6. The molecule has 0 unspecified atom stereocenters. The Morgan fingerprint density at radius 3 is 2.95 bits per heavy atom. The van der Waals surface area contributed by atoms with Crippen molar-refractivity contribution in [3.63, 3.8) is 0 Å². The molecule has 0 aliphatic rings. The Labute approximate surface area is 116 Å². The molecule has 1 amide bonds. The molecule has 0 aliphatic heterocycles. The number of rotatable bonds is 6. The maximum Gasteiger partial charge on any atom is 0.274 e. The molecular formula is C14H14ClNO3. The third kappa shape index (κ3) is 4.43. The average Bonchev–Trinajstić information content (AvgIpc) is 2.91. The van der Waals surface area contributed by atoms with Gasteiger partial charge < -0.3 is 4.42 Å². The molecule has 1 aromatic carbocycles. The highest BCUT2D eigenvalue weighted by Gasteiger charge is 2.05. The summed E-state index contributed by atoms with van der Waals surface area (Å²) in [5.41, 5.74) is 2.85. The van der Waals surface area contributed by atoms with Crippen molar-refractivity contribution in [1.82, 2.24) is 5.48 Å². The first-order valence-corrected chi connectivity index (χ1v) is 6.33. The van der Waals surface area contributed by atoms with Crippen molar-refractivity contribution in [2.24, 2.45) is 0 Å². The van der Waals surface area contributed by atoms with Gasteiger partial charge in [-0.3, -0.25) is 9.63 Å². The molecule has 0 spiro atoms. The molecule has 0 saturated carbocycles. The monoisotopic (exact) mass is 279 g/mol. The maximum atomic E-state index is 11.7. The lowest BCUT2D eigenvalue weighted by Gasteiger charge is -2.05. The molecule has 1 N–H and O–H groups in total. The summed E-state index contributed by atoms with van der Waals surface area (Å²) in [4.78, 5) is 16.8. The van der Waals surface area contributed by atoms with Crippen LogP contribution in [-0.2, 0) is 11.3 Å². The van der Waals surface area contributed by atoms with Gasteiger partial charge in [-0.2, -0.15) is 0 Å². The minimum Gasteiger partial charge on any atom is -0.469 e. The first-order valence-electron chi connectivity index (χ1n) is 5.96. The molecule has 0 fully saturated rings. The van der Waals surface area contributed by atoms with Crippen LogP contribution >= 0.6 is 11.6 Å². The molecule has 0 atom stereocenters. The summed E-state index contributed by atoms with van der Waals surface area (Å²) in [5.74, 6) is 0.602. The predicted octanol–water partition coefficient (Wildman–Crippen LogP) is 3.23. The van der Waals surface area contributed by atoms with Crippen molar-refractivity contribution in [3.8, 4) is 0 Å². The van der Waals surface area contributed by atoms with E-state index in [-0.39, 0.29) is 5.91 Å². The number of furan rings is 1. The lowest BCUT2D eigenvalue weighted by atomic mass is 10.2. The number of carbonyl (C=O) groups excluding carboxylic acids is 1. The fraction of sp³-hybridized carbons (Fsp3) is 0.214. The van der Waals surface area contributed by atoms with Crippen LogP contribution in [0.4, 0.5) is 0 Å². The quantitative estimate of drug-likeness (QED) is 0.652. The topological polar surface area (TPSA) is 51.5 Å². The Bertz CT molecular complexity index is 525. The van der Waals surface area contributed by atoms with Gasteiger partial charge in [0.1, 0.15) is 5.76 Å². The standard InChI is InChI=1S/C14H14ClNO3/c15-12-5-1-4-11(10-12)14(17)16-19-9-3-7-13-6-2-8-18-13/h1-2,4-6,8,10H,3,7,9H2,(H,16,17). The molecule has 0 saturated heterocycles. The summed E-state index contributed by atoms with van der Waals surface area (Å²) in [6.07, 6.45) is 3.18. The molecule has 2 rings (SSSR count). The lowest BCUT2D eigenvalue weighted by Crippen LogP contribution is -2.24. The molecule has 1 aromatic heterocycles. The summed E-state index contributed by atoms with van der Waals surface area (Å²) in [7, 11) is 0. The van der Waals surface area contributed by atoms with Crippen molar-refractivity contribution in [1.29, 1.82) is 0 Å². The van der Waals surface area contributed by atoms with Crippen LogP contribution in [0, 0.1) is 0 Å². The van der Waals surface area contributed by atoms with Gasteiger partial charge >= 0.3 is 0 Å². The minimum absolute atomic E-state index is 0.305. The van der Waals surface area contributed by atoms with Crippen LogP contribution in [0.15, 0.2) is 47.1 Å². The van der Waals surface area contributed by atoms with Crippen molar-refractivity contribution in [2.45, 2.75) is 12.8 Å². The first-order chi connectivity index (χ1) is 9.25. The number of nitrogens with one attached hydrogen (secondary N) is 1. The van der Waals surface area contributed by atoms with Gasteiger partial charge in [0.05, 0.1) is 12.9 Å². The zero-order chi connectivity index (χ0) is 13.5. The minimum atomic E-state index is -0.305. The Balaban J connectivity index is 1.67. The van der Waals surface area contributed by atoms with Gasteiger partial charge in [0.2, 0.25) is 0 Å². The van der Waals surface area contributed by atoms with E-state index in [1.165, 1.54) is 0 Å². The Hall–Kier alpha value is -1.78. The number of hydrogen-bond donors (Lipinski definition) is 1. The summed E-state index contributed by atoms with van der Waals surface area (Å²) in [5, 5.41) is 0.519. The van der Waals surface area contributed by atoms with Gasteiger partial charge in [-0.15, -0.1) is 0 Å². The van der Waals surface area contributed by atoms with Gasteiger partial charge in [0.25, 0.3) is 5.91 Å².